The van der Waals surface area contributed by atoms with E-state index in [2.05, 4.69) is 47.4 Å². The van der Waals surface area contributed by atoms with Crippen molar-refractivity contribution in [2.75, 3.05) is 66.7 Å². The number of aromatic nitrogens is 3. The number of carbonyl (C=O) groups is 1. The van der Waals surface area contributed by atoms with Gasteiger partial charge in [-0.1, -0.05) is 0 Å². The number of anilines is 4. The Morgan fingerprint density at radius 2 is 1.75 bits per heavy atom. The summed E-state index contributed by atoms with van der Waals surface area (Å²) in [5.41, 5.74) is 2.05. The lowest BCUT2D eigenvalue weighted by atomic mass is 10.1. The third kappa shape index (κ3) is 6.59. The maximum absolute atomic E-state index is 13.7. The Labute approximate surface area is 252 Å². The van der Waals surface area contributed by atoms with E-state index in [1.165, 1.54) is 6.07 Å². The van der Waals surface area contributed by atoms with Gasteiger partial charge in [-0.15, -0.1) is 0 Å². The van der Waals surface area contributed by atoms with Crippen molar-refractivity contribution < 1.29 is 26.7 Å². The van der Waals surface area contributed by atoms with Crippen molar-refractivity contribution in [2.45, 2.75) is 23.8 Å². The van der Waals surface area contributed by atoms with E-state index >= 15 is 0 Å². The minimum Gasteiger partial charge on any atom is -0.381 e. The van der Waals surface area contributed by atoms with Gasteiger partial charge in [0.2, 0.25) is 0 Å². The Morgan fingerprint density at radius 1 is 1.02 bits per heavy atom. The number of halogens is 2. The highest BCUT2D eigenvalue weighted by Crippen LogP contribution is 2.29. The minimum atomic E-state index is -4.28. The molecule has 1 amide bonds. The fourth-order valence-electron chi connectivity index (χ4n) is 5.30. The van der Waals surface area contributed by atoms with Gasteiger partial charge in [-0.05, 0) is 56.3 Å². The molecule has 0 unspecified atom stereocenters. The molecule has 2 aliphatic heterocycles. The van der Waals surface area contributed by atoms with Gasteiger partial charge < -0.3 is 25.2 Å². The quantitative estimate of drug-likeness (QED) is 0.230. The maximum atomic E-state index is 13.7. The van der Waals surface area contributed by atoms with Crippen LogP contribution in [0.25, 0.3) is 11.0 Å². The van der Waals surface area contributed by atoms with Crippen LogP contribution in [0.5, 0.6) is 0 Å². The van der Waals surface area contributed by atoms with Crippen LogP contribution in [0.3, 0.4) is 0 Å². The van der Waals surface area contributed by atoms with Crippen molar-refractivity contribution in [1.82, 2.24) is 20.1 Å². The molecule has 2 saturated heterocycles. The molecule has 44 heavy (non-hydrogen) atoms. The van der Waals surface area contributed by atoms with Crippen molar-refractivity contribution in [2.24, 2.45) is 0 Å². The number of benzene rings is 2. The standard InChI is InChI=1S/C29H32F2N8O4S/c1-38-6-8-39(9-7-38)22-2-3-24(26(15-22)33-20-4-10-43-11-5-20)29(40)34-28-25-16-23(17-32-27(25)35-36-28)44(41,42)37-21-13-18(30)12-19(31)14-21/h2-3,12-17,20,33,37H,4-11H2,1H3,(H2,32,34,35,36,40). The molecule has 2 aliphatic rings. The van der Waals surface area contributed by atoms with E-state index in [1.54, 1.807) is 6.07 Å². The van der Waals surface area contributed by atoms with Crippen molar-refractivity contribution >= 4 is 49.8 Å². The molecule has 0 bridgehead atoms. The van der Waals surface area contributed by atoms with E-state index in [4.69, 9.17) is 4.74 Å². The second kappa shape index (κ2) is 12.3. The number of fused-ring (bicyclic) bond motifs is 1. The number of hydrogen-bond donors (Lipinski definition) is 4. The fraction of sp³-hybridized carbons (Fsp3) is 0.345. The predicted octanol–water partition coefficient (Wildman–Crippen LogP) is 3.63. The molecule has 4 heterocycles. The third-order valence-corrected chi connectivity index (χ3v) is 9.09. The topological polar surface area (TPSA) is 145 Å². The van der Waals surface area contributed by atoms with E-state index in [9.17, 15) is 22.0 Å². The highest BCUT2D eigenvalue weighted by Gasteiger charge is 2.23. The van der Waals surface area contributed by atoms with Crippen LogP contribution in [-0.2, 0) is 14.8 Å². The number of likely N-dealkylation sites (N-methyl/N-ethyl adjacent to an activating group) is 1. The molecule has 4 N–H and O–H groups in total. The molecule has 0 aliphatic carbocycles. The summed E-state index contributed by atoms with van der Waals surface area (Å²) in [5.74, 6) is -2.23. The van der Waals surface area contributed by atoms with Crippen LogP contribution in [0, 0.1) is 11.6 Å². The minimum absolute atomic E-state index is 0.0755. The van der Waals surface area contributed by atoms with Crippen molar-refractivity contribution in [3.8, 4) is 0 Å². The number of H-pyrrole nitrogens is 1. The van der Waals surface area contributed by atoms with Gasteiger partial charge in [0.15, 0.2) is 11.5 Å². The molecule has 6 rings (SSSR count). The molecular formula is C29H32F2N8O4S. The Morgan fingerprint density at radius 3 is 2.48 bits per heavy atom. The Kier molecular flexibility index (Phi) is 8.33. The average molecular weight is 627 g/mol. The first kappa shape index (κ1) is 29.7. The number of pyridine rings is 1. The molecule has 12 nitrogen and oxygen atoms in total. The maximum Gasteiger partial charge on any atom is 0.263 e. The van der Waals surface area contributed by atoms with Crippen LogP contribution in [-0.4, -0.2) is 86.9 Å². The van der Waals surface area contributed by atoms with Crippen molar-refractivity contribution in [3.05, 3.63) is 65.9 Å². The number of nitrogens with one attached hydrogen (secondary N) is 4. The molecule has 2 aromatic carbocycles. The summed E-state index contributed by atoms with van der Waals surface area (Å²) < 4.78 is 60.9. The molecule has 2 fully saturated rings. The largest absolute Gasteiger partial charge is 0.381 e. The summed E-state index contributed by atoms with van der Waals surface area (Å²) in [7, 11) is -2.19. The second-order valence-corrected chi connectivity index (χ2v) is 12.6. The normalized spacial score (nSPS) is 16.7. The lowest BCUT2D eigenvalue weighted by Crippen LogP contribution is -2.44. The molecule has 2 aromatic heterocycles. The third-order valence-electron chi connectivity index (χ3n) is 7.75. The van der Waals surface area contributed by atoms with Gasteiger partial charge in [-0.2, -0.15) is 5.10 Å². The average Bonchev–Trinajstić information content (AvgIpc) is 3.39. The van der Waals surface area contributed by atoms with Crippen LogP contribution in [0.4, 0.5) is 31.7 Å². The number of nitrogens with zero attached hydrogens (tertiary/aromatic N) is 4. The second-order valence-electron chi connectivity index (χ2n) is 10.9. The van der Waals surface area contributed by atoms with Crippen LogP contribution in [0.1, 0.15) is 23.2 Å². The van der Waals surface area contributed by atoms with Gasteiger partial charge >= 0.3 is 0 Å². The number of sulfonamides is 1. The summed E-state index contributed by atoms with van der Waals surface area (Å²) in [4.78, 5) is 22.1. The van der Waals surface area contributed by atoms with Gasteiger partial charge in [0.25, 0.3) is 15.9 Å². The van der Waals surface area contributed by atoms with Gasteiger partial charge in [-0.25, -0.2) is 22.2 Å². The number of piperazine rings is 1. The highest BCUT2D eigenvalue weighted by molar-refractivity contribution is 7.92. The number of hydrogen-bond acceptors (Lipinski definition) is 9. The zero-order valence-corrected chi connectivity index (χ0v) is 24.8. The number of aromatic amines is 1. The fourth-order valence-corrected chi connectivity index (χ4v) is 6.31. The zero-order valence-electron chi connectivity index (χ0n) is 23.9. The van der Waals surface area contributed by atoms with E-state index in [0.29, 0.717) is 30.5 Å². The first-order valence-corrected chi connectivity index (χ1v) is 15.7. The molecule has 0 atom stereocenters. The van der Waals surface area contributed by atoms with Gasteiger partial charge in [0.1, 0.15) is 16.5 Å². The van der Waals surface area contributed by atoms with Crippen LogP contribution in [0.15, 0.2) is 53.6 Å². The van der Waals surface area contributed by atoms with Crippen molar-refractivity contribution in [1.29, 1.82) is 0 Å². The number of ether oxygens (including phenoxy) is 1. The highest BCUT2D eigenvalue weighted by atomic mass is 32.2. The van der Waals surface area contributed by atoms with Crippen molar-refractivity contribution in [3.63, 3.8) is 0 Å². The van der Waals surface area contributed by atoms with Gasteiger partial charge in [-0.3, -0.25) is 14.6 Å². The summed E-state index contributed by atoms with van der Waals surface area (Å²) in [6.07, 6.45) is 2.70. The van der Waals surface area contributed by atoms with Gasteiger partial charge in [0.05, 0.1) is 16.6 Å². The summed E-state index contributed by atoms with van der Waals surface area (Å²) >= 11 is 0. The molecule has 0 radical (unpaired) electrons. The molecule has 4 aromatic rings. The van der Waals surface area contributed by atoms with E-state index in [-0.39, 0.29) is 33.5 Å². The first-order valence-electron chi connectivity index (χ1n) is 14.2. The molecule has 0 spiro atoms. The smallest absolute Gasteiger partial charge is 0.263 e. The predicted molar refractivity (Wildman–Crippen MR) is 163 cm³/mol. The molecule has 0 saturated carbocycles. The zero-order chi connectivity index (χ0) is 30.8. The summed E-state index contributed by atoms with van der Waals surface area (Å²) in [6, 6.07) is 9.45. The lowest BCUT2D eigenvalue weighted by molar-refractivity contribution is 0.0904. The summed E-state index contributed by atoms with van der Waals surface area (Å²) in [6.45, 7) is 4.91. The van der Waals surface area contributed by atoms with Crippen LogP contribution >= 0.6 is 0 Å². The Bertz CT molecular complexity index is 1770. The monoisotopic (exact) mass is 626 g/mol. The van der Waals surface area contributed by atoms with Gasteiger partial charge in [0, 0.05) is 69.1 Å². The lowest BCUT2D eigenvalue weighted by Gasteiger charge is -2.34. The first-order chi connectivity index (χ1) is 21.1. The molecule has 232 valence electrons. The van der Waals surface area contributed by atoms with E-state index < -0.39 is 27.6 Å². The van der Waals surface area contributed by atoms with Crippen LogP contribution in [0.2, 0.25) is 0 Å². The Hall–Kier alpha value is -4.34. The number of rotatable bonds is 8. The molecule has 15 heteroatoms. The van der Waals surface area contributed by atoms with E-state index in [0.717, 1.165) is 63.0 Å². The SMILES string of the molecule is CN1CCN(c2ccc(C(=O)Nc3n[nH]c4ncc(S(=O)(=O)Nc5cc(F)cc(F)c5)cc34)c(NC3CCOCC3)c2)CC1. The summed E-state index contributed by atoms with van der Waals surface area (Å²) in [5, 5.41) is 13.4. The van der Waals surface area contributed by atoms with Crippen LogP contribution < -0.4 is 20.3 Å². The van der Waals surface area contributed by atoms with E-state index in [1.807, 2.05) is 12.1 Å². The number of amides is 1. The number of carbonyl (C=O) groups excluding carboxylic acids is 1. The molecular weight excluding hydrogens is 594 g/mol. The Balaban J connectivity index is 1.27.